The number of ether oxygens (including phenoxy) is 2. The van der Waals surface area contributed by atoms with Gasteiger partial charge in [-0.15, -0.1) is 0 Å². The molecule has 2 aliphatic rings. The first-order chi connectivity index (χ1) is 9.62. The molecule has 0 radical (unpaired) electrons. The maximum Gasteiger partial charge on any atom is 0.158 e. The molecule has 0 amide bonds. The molecule has 0 saturated carbocycles. The minimum Gasteiger partial charge on any atom is -0.379 e. The Morgan fingerprint density at radius 2 is 1.81 bits per heavy atom. The van der Waals surface area contributed by atoms with Crippen molar-refractivity contribution < 1.29 is 14.3 Å². The maximum absolute atomic E-state index is 13.3. The van der Waals surface area contributed by atoms with Crippen LogP contribution in [-0.2, 0) is 14.3 Å². The van der Waals surface area contributed by atoms with Crippen molar-refractivity contribution in [2.45, 2.75) is 71.1 Å². The third-order valence-corrected chi connectivity index (χ3v) is 5.32. The monoisotopic (exact) mass is 297 g/mol. The molecule has 4 heteroatoms. The number of carbonyl (C=O) groups excluding carboxylic acids is 1. The summed E-state index contributed by atoms with van der Waals surface area (Å²) in [5.41, 5.74) is -1.01. The highest BCUT2D eigenvalue weighted by Gasteiger charge is 2.54. The van der Waals surface area contributed by atoms with E-state index in [0.717, 1.165) is 39.1 Å². The Kier molecular flexibility index (Phi) is 4.54. The summed E-state index contributed by atoms with van der Waals surface area (Å²) in [7, 11) is 0. The van der Waals surface area contributed by atoms with Crippen LogP contribution in [0.3, 0.4) is 0 Å². The molecule has 2 aliphatic heterocycles. The number of carbonyl (C=O) groups is 1. The smallest absolute Gasteiger partial charge is 0.158 e. The van der Waals surface area contributed by atoms with Crippen LogP contribution in [0, 0.1) is 5.92 Å². The fraction of sp³-hybridized carbons (Fsp3) is 0.941. The Morgan fingerprint density at radius 3 is 2.24 bits per heavy atom. The Bertz CT molecular complexity index is 399. The number of hydrogen-bond donors (Lipinski definition) is 0. The molecule has 2 saturated heterocycles. The summed E-state index contributed by atoms with van der Waals surface area (Å²) < 4.78 is 11.6. The highest BCUT2D eigenvalue weighted by atomic mass is 16.5. The van der Waals surface area contributed by atoms with Gasteiger partial charge in [0.1, 0.15) is 0 Å². The van der Waals surface area contributed by atoms with Crippen LogP contribution in [0.15, 0.2) is 0 Å². The van der Waals surface area contributed by atoms with Gasteiger partial charge < -0.3 is 9.47 Å². The lowest BCUT2D eigenvalue weighted by molar-refractivity contribution is -0.144. The summed E-state index contributed by atoms with van der Waals surface area (Å²) >= 11 is 0. The average molecular weight is 297 g/mol. The Hall–Kier alpha value is -0.450. The molecule has 4 nitrogen and oxygen atoms in total. The van der Waals surface area contributed by atoms with Gasteiger partial charge in [0.05, 0.1) is 35.9 Å². The normalized spacial score (nSPS) is 31.8. The van der Waals surface area contributed by atoms with Gasteiger partial charge in [0.2, 0.25) is 0 Å². The zero-order chi connectivity index (χ0) is 15.9. The van der Waals surface area contributed by atoms with E-state index in [1.807, 2.05) is 0 Å². The summed E-state index contributed by atoms with van der Waals surface area (Å²) in [6.45, 7) is 15.6. The van der Waals surface area contributed by atoms with Gasteiger partial charge in [0.15, 0.2) is 5.78 Å². The minimum atomic E-state index is -0.407. The molecule has 0 spiro atoms. The van der Waals surface area contributed by atoms with E-state index in [1.165, 1.54) is 0 Å². The van der Waals surface area contributed by atoms with Crippen molar-refractivity contribution in [2.75, 3.05) is 26.3 Å². The van der Waals surface area contributed by atoms with Crippen LogP contribution in [0.5, 0.6) is 0 Å². The lowest BCUT2D eigenvalue weighted by atomic mass is 9.75. The van der Waals surface area contributed by atoms with Crippen molar-refractivity contribution in [2.24, 2.45) is 5.92 Å². The van der Waals surface area contributed by atoms with Crippen LogP contribution in [0.2, 0.25) is 0 Å². The van der Waals surface area contributed by atoms with Crippen molar-refractivity contribution in [1.29, 1.82) is 0 Å². The second kappa shape index (κ2) is 5.64. The van der Waals surface area contributed by atoms with Crippen molar-refractivity contribution >= 4 is 5.78 Å². The van der Waals surface area contributed by atoms with E-state index < -0.39 is 5.54 Å². The fourth-order valence-electron chi connectivity index (χ4n) is 3.96. The van der Waals surface area contributed by atoms with E-state index in [-0.39, 0.29) is 17.1 Å². The third kappa shape index (κ3) is 3.17. The minimum absolute atomic E-state index is 0.0414. The van der Waals surface area contributed by atoms with Crippen molar-refractivity contribution in [3.63, 3.8) is 0 Å². The molecular formula is C17H31NO3. The molecule has 2 fully saturated rings. The highest BCUT2D eigenvalue weighted by molar-refractivity contribution is 5.91. The number of Topliss-reactive ketones (excluding diaryl/α,β-unsaturated/α-hetero) is 1. The van der Waals surface area contributed by atoms with Crippen LogP contribution >= 0.6 is 0 Å². The first kappa shape index (κ1) is 16.9. The van der Waals surface area contributed by atoms with Crippen LogP contribution in [-0.4, -0.2) is 53.7 Å². The zero-order valence-corrected chi connectivity index (χ0v) is 14.5. The predicted octanol–water partition coefficient (Wildman–Crippen LogP) is 2.65. The molecule has 2 heterocycles. The molecule has 2 atom stereocenters. The van der Waals surface area contributed by atoms with Crippen LogP contribution < -0.4 is 0 Å². The van der Waals surface area contributed by atoms with Gasteiger partial charge in [-0.2, -0.15) is 0 Å². The van der Waals surface area contributed by atoms with E-state index in [1.54, 1.807) is 0 Å². The molecule has 2 rings (SSSR count). The van der Waals surface area contributed by atoms with E-state index >= 15 is 0 Å². The van der Waals surface area contributed by atoms with Crippen LogP contribution in [0.4, 0.5) is 0 Å². The SMILES string of the molecule is CCC(C)(C(=O)C1CC(C)(C)OC1(C)C)N1CCOCC1. The molecule has 0 aliphatic carbocycles. The summed E-state index contributed by atoms with van der Waals surface area (Å²) in [5, 5.41) is 0. The molecule has 0 bridgehead atoms. The molecule has 2 unspecified atom stereocenters. The van der Waals surface area contributed by atoms with Gasteiger partial charge in [-0.1, -0.05) is 6.92 Å². The lowest BCUT2D eigenvalue weighted by Gasteiger charge is -2.44. The van der Waals surface area contributed by atoms with Gasteiger partial charge in [0, 0.05) is 13.1 Å². The number of ketones is 1. The van der Waals surface area contributed by atoms with E-state index in [0.29, 0.717) is 5.78 Å². The number of hydrogen-bond acceptors (Lipinski definition) is 4. The largest absolute Gasteiger partial charge is 0.379 e. The first-order valence-corrected chi connectivity index (χ1v) is 8.20. The number of morpholine rings is 1. The summed E-state index contributed by atoms with van der Waals surface area (Å²) in [4.78, 5) is 15.6. The molecule has 0 aromatic carbocycles. The van der Waals surface area contributed by atoms with Gasteiger partial charge in [-0.05, 0) is 47.5 Å². The average Bonchev–Trinajstić information content (AvgIpc) is 2.65. The molecule has 122 valence electrons. The maximum atomic E-state index is 13.3. The van der Waals surface area contributed by atoms with Crippen LogP contribution in [0.25, 0.3) is 0 Å². The van der Waals surface area contributed by atoms with Crippen molar-refractivity contribution in [3.05, 3.63) is 0 Å². The summed E-state index contributed by atoms with van der Waals surface area (Å²) in [6, 6.07) is 0. The third-order valence-electron chi connectivity index (χ3n) is 5.32. The number of rotatable bonds is 4. The number of nitrogens with zero attached hydrogens (tertiary/aromatic N) is 1. The molecule has 0 aromatic heterocycles. The van der Waals surface area contributed by atoms with Gasteiger partial charge in [-0.3, -0.25) is 9.69 Å². The van der Waals surface area contributed by atoms with Crippen LogP contribution in [0.1, 0.15) is 54.4 Å². The topological polar surface area (TPSA) is 38.8 Å². The predicted molar refractivity (Wildman–Crippen MR) is 83.4 cm³/mol. The quantitative estimate of drug-likeness (QED) is 0.799. The fourth-order valence-corrected chi connectivity index (χ4v) is 3.96. The van der Waals surface area contributed by atoms with Crippen molar-refractivity contribution in [3.8, 4) is 0 Å². The Balaban J connectivity index is 2.23. The Labute approximate surface area is 129 Å². The standard InChI is InChI=1S/C17H31NO3/c1-7-17(6,18-8-10-20-11-9-18)14(19)13-12-15(2,3)21-16(13,4)5/h13H,7-12H2,1-6H3. The highest BCUT2D eigenvalue weighted by Crippen LogP contribution is 2.45. The lowest BCUT2D eigenvalue weighted by Crippen LogP contribution is -2.59. The van der Waals surface area contributed by atoms with E-state index in [9.17, 15) is 4.79 Å². The van der Waals surface area contributed by atoms with E-state index in [4.69, 9.17) is 9.47 Å². The Morgan fingerprint density at radius 1 is 1.24 bits per heavy atom. The zero-order valence-electron chi connectivity index (χ0n) is 14.5. The van der Waals surface area contributed by atoms with Gasteiger partial charge in [-0.25, -0.2) is 0 Å². The molecular weight excluding hydrogens is 266 g/mol. The van der Waals surface area contributed by atoms with Crippen molar-refractivity contribution in [1.82, 2.24) is 4.90 Å². The second-order valence-corrected chi connectivity index (χ2v) is 7.81. The summed E-state index contributed by atoms with van der Waals surface area (Å²) in [5.74, 6) is 0.294. The second-order valence-electron chi connectivity index (χ2n) is 7.81. The van der Waals surface area contributed by atoms with Gasteiger partial charge in [0.25, 0.3) is 0 Å². The van der Waals surface area contributed by atoms with Gasteiger partial charge >= 0.3 is 0 Å². The van der Waals surface area contributed by atoms with E-state index in [2.05, 4.69) is 46.4 Å². The molecule has 0 aromatic rings. The summed E-state index contributed by atoms with van der Waals surface area (Å²) in [6.07, 6.45) is 1.64. The first-order valence-electron chi connectivity index (χ1n) is 8.20. The molecule has 0 N–H and O–H groups in total. The molecule has 21 heavy (non-hydrogen) atoms.